The molecule has 0 radical (unpaired) electrons. The fraction of sp³-hybridized carbons (Fsp3) is 0.500. The average molecular weight is 242 g/mol. The minimum absolute atomic E-state index is 0.332. The molecule has 0 atom stereocenters. The number of ether oxygens (including phenoxy) is 2. The van der Waals surface area contributed by atoms with Crippen molar-refractivity contribution in [3.63, 3.8) is 0 Å². The van der Waals surface area contributed by atoms with Gasteiger partial charge in [-0.3, -0.25) is 0 Å². The lowest BCUT2D eigenvalue weighted by Crippen LogP contribution is -2.13. The standard InChI is InChI=1S/C12H16ClNO2/c13-11-5-9(3-1-2-4-14)12-10(6-11)7-15-8-16-12/h5-6H,1-4,7-8,14H2. The Labute approximate surface area is 100 Å². The van der Waals surface area contributed by atoms with Gasteiger partial charge in [0.05, 0.1) is 6.61 Å². The second-order valence-electron chi connectivity index (χ2n) is 3.91. The number of hydrogen-bond acceptors (Lipinski definition) is 3. The molecule has 1 aliphatic rings. The summed E-state index contributed by atoms with van der Waals surface area (Å²) in [5.74, 6) is 0.952. The second-order valence-corrected chi connectivity index (χ2v) is 4.35. The maximum absolute atomic E-state index is 6.06. The van der Waals surface area contributed by atoms with Gasteiger partial charge in [-0.15, -0.1) is 0 Å². The van der Waals surface area contributed by atoms with E-state index < -0.39 is 0 Å². The van der Waals surface area contributed by atoms with Crippen molar-refractivity contribution in [2.75, 3.05) is 13.3 Å². The number of fused-ring (bicyclic) bond motifs is 1. The number of nitrogens with two attached hydrogens (primary N) is 1. The van der Waals surface area contributed by atoms with Crippen LogP contribution in [0.3, 0.4) is 0 Å². The summed E-state index contributed by atoms with van der Waals surface area (Å²) >= 11 is 6.06. The molecule has 0 saturated carbocycles. The second kappa shape index (κ2) is 5.53. The highest BCUT2D eigenvalue weighted by atomic mass is 35.5. The normalized spacial score (nSPS) is 14.4. The third-order valence-corrected chi connectivity index (χ3v) is 2.87. The van der Waals surface area contributed by atoms with Gasteiger partial charge >= 0.3 is 0 Å². The monoisotopic (exact) mass is 241 g/mol. The summed E-state index contributed by atoms with van der Waals surface area (Å²) in [4.78, 5) is 0. The molecule has 1 heterocycles. The zero-order valence-corrected chi connectivity index (χ0v) is 9.93. The van der Waals surface area contributed by atoms with Crippen LogP contribution >= 0.6 is 11.6 Å². The van der Waals surface area contributed by atoms with Crippen molar-refractivity contribution < 1.29 is 9.47 Å². The van der Waals surface area contributed by atoms with Crippen molar-refractivity contribution in [2.24, 2.45) is 5.73 Å². The summed E-state index contributed by atoms with van der Waals surface area (Å²) in [6.07, 6.45) is 3.05. The largest absolute Gasteiger partial charge is 0.467 e. The van der Waals surface area contributed by atoms with E-state index in [-0.39, 0.29) is 0 Å². The molecule has 4 heteroatoms. The minimum atomic E-state index is 0.332. The Balaban J connectivity index is 2.18. The number of hydrogen-bond donors (Lipinski definition) is 1. The molecule has 3 nitrogen and oxygen atoms in total. The number of aryl methyl sites for hydroxylation is 1. The molecule has 0 spiro atoms. The fourth-order valence-electron chi connectivity index (χ4n) is 1.90. The molecular weight excluding hydrogens is 226 g/mol. The maximum atomic E-state index is 6.06. The predicted molar refractivity (Wildman–Crippen MR) is 63.7 cm³/mol. The molecule has 2 N–H and O–H groups in total. The summed E-state index contributed by atoms with van der Waals surface area (Å²) in [7, 11) is 0. The first-order valence-electron chi connectivity index (χ1n) is 5.53. The molecule has 1 aliphatic heterocycles. The molecule has 0 aliphatic carbocycles. The Morgan fingerprint density at radius 1 is 1.31 bits per heavy atom. The van der Waals surface area contributed by atoms with Gasteiger partial charge in [0.15, 0.2) is 6.79 Å². The zero-order chi connectivity index (χ0) is 11.4. The number of rotatable bonds is 4. The van der Waals surface area contributed by atoms with Crippen LogP contribution in [0, 0.1) is 0 Å². The maximum Gasteiger partial charge on any atom is 0.189 e. The van der Waals surface area contributed by atoms with Crippen molar-refractivity contribution >= 4 is 11.6 Å². The van der Waals surface area contributed by atoms with Crippen LogP contribution in [0.2, 0.25) is 5.02 Å². The van der Waals surface area contributed by atoms with E-state index >= 15 is 0 Å². The van der Waals surface area contributed by atoms with Crippen molar-refractivity contribution in [1.29, 1.82) is 0 Å². The lowest BCUT2D eigenvalue weighted by Gasteiger charge is -2.21. The zero-order valence-electron chi connectivity index (χ0n) is 9.17. The SMILES string of the molecule is NCCCCc1cc(Cl)cc2c1OCOC2. The third kappa shape index (κ3) is 2.67. The molecule has 0 unspecified atom stereocenters. The first kappa shape index (κ1) is 11.7. The molecule has 1 aromatic carbocycles. The van der Waals surface area contributed by atoms with E-state index in [9.17, 15) is 0 Å². The molecule has 2 rings (SSSR count). The average Bonchev–Trinajstić information content (AvgIpc) is 2.29. The highest BCUT2D eigenvalue weighted by Gasteiger charge is 2.15. The van der Waals surface area contributed by atoms with Gasteiger partial charge in [-0.1, -0.05) is 11.6 Å². The Hall–Kier alpha value is -0.770. The lowest BCUT2D eigenvalue weighted by atomic mass is 10.0. The first-order chi connectivity index (χ1) is 7.81. The lowest BCUT2D eigenvalue weighted by molar-refractivity contribution is -0.0170. The summed E-state index contributed by atoms with van der Waals surface area (Å²) < 4.78 is 10.8. The van der Waals surface area contributed by atoms with Crippen LogP contribution in [0.25, 0.3) is 0 Å². The Bertz CT molecular complexity index is 368. The van der Waals surface area contributed by atoms with Gasteiger partial charge in [-0.05, 0) is 43.5 Å². The highest BCUT2D eigenvalue weighted by molar-refractivity contribution is 6.30. The van der Waals surface area contributed by atoms with Crippen molar-refractivity contribution in [3.8, 4) is 5.75 Å². The van der Waals surface area contributed by atoms with E-state index in [1.807, 2.05) is 12.1 Å². The Morgan fingerprint density at radius 2 is 2.19 bits per heavy atom. The summed E-state index contributed by atoms with van der Waals surface area (Å²) in [6.45, 7) is 1.64. The van der Waals surface area contributed by atoms with Crippen LogP contribution in [0.4, 0.5) is 0 Å². The van der Waals surface area contributed by atoms with E-state index in [2.05, 4.69) is 0 Å². The molecule has 0 saturated heterocycles. The molecular formula is C12H16ClNO2. The van der Waals surface area contributed by atoms with Gasteiger partial charge in [-0.2, -0.15) is 0 Å². The molecule has 0 amide bonds. The summed E-state index contributed by atoms with van der Waals surface area (Å²) in [6, 6.07) is 3.88. The number of benzene rings is 1. The quantitative estimate of drug-likeness (QED) is 0.824. The first-order valence-corrected chi connectivity index (χ1v) is 5.91. The Morgan fingerprint density at radius 3 is 3.00 bits per heavy atom. The van der Waals surface area contributed by atoms with Gasteiger partial charge < -0.3 is 15.2 Å². The van der Waals surface area contributed by atoms with Crippen LogP contribution in [-0.2, 0) is 17.8 Å². The molecule has 0 bridgehead atoms. The van der Waals surface area contributed by atoms with Gasteiger partial charge in [0.2, 0.25) is 0 Å². The molecule has 0 fully saturated rings. The molecule has 16 heavy (non-hydrogen) atoms. The summed E-state index contributed by atoms with van der Waals surface area (Å²) in [5.41, 5.74) is 7.69. The van der Waals surface area contributed by atoms with Crippen molar-refractivity contribution in [3.05, 3.63) is 28.3 Å². The minimum Gasteiger partial charge on any atom is -0.467 e. The van der Waals surface area contributed by atoms with Crippen molar-refractivity contribution in [1.82, 2.24) is 0 Å². The van der Waals surface area contributed by atoms with Crippen LogP contribution in [0.15, 0.2) is 12.1 Å². The topological polar surface area (TPSA) is 44.5 Å². The van der Waals surface area contributed by atoms with E-state index in [0.29, 0.717) is 13.4 Å². The van der Waals surface area contributed by atoms with Gasteiger partial charge in [0.25, 0.3) is 0 Å². The van der Waals surface area contributed by atoms with Crippen LogP contribution in [0.5, 0.6) is 5.75 Å². The highest BCUT2D eigenvalue weighted by Crippen LogP contribution is 2.32. The van der Waals surface area contributed by atoms with Gasteiger partial charge in [0.1, 0.15) is 5.75 Å². The van der Waals surface area contributed by atoms with Gasteiger partial charge in [0, 0.05) is 10.6 Å². The van der Waals surface area contributed by atoms with Gasteiger partial charge in [-0.25, -0.2) is 0 Å². The molecule has 0 aromatic heterocycles. The van der Waals surface area contributed by atoms with Crippen LogP contribution < -0.4 is 10.5 Å². The predicted octanol–water partition coefficient (Wildman–Crippen LogP) is 2.49. The smallest absolute Gasteiger partial charge is 0.189 e. The summed E-state index contributed by atoms with van der Waals surface area (Å²) in [5, 5.41) is 0.746. The van der Waals surface area contributed by atoms with E-state index in [0.717, 1.165) is 42.1 Å². The number of halogens is 1. The number of unbranched alkanes of at least 4 members (excludes halogenated alkanes) is 1. The Kier molecular flexibility index (Phi) is 4.04. The van der Waals surface area contributed by atoms with E-state index in [1.165, 1.54) is 5.56 Å². The fourth-order valence-corrected chi connectivity index (χ4v) is 2.17. The van der Waals surface area contributed by atoms with E-state index in [1.54, 1.807) is 0 Å². The van der Waals surface area contributed by atoms with E-state index in [4.69, 9.17) is 26.8 Å². The van der Waals surface area contributed by atoms with Crippen molar-refractivity contribution in [2.45, 2.75) is 25.9 Å². The molecule has 1 aromatic rings. The molecule has 88 valence electrons. The van der Waals surface area contributed by atoms with Crippen LogP contribution in [-0.4, -0.2) is 13.3 Å². The van der Waals surface area contributed by atoms with Crippen LogP contribution in [0.1, 0.15) is 24.0 Å². The third-order valence-electron chi connectivity index (χ3n) is 2.65.